The SMILES string of the molecule is CNC1(C(=O)OC)CCCC(N(C)CC2CCC2)C1. The lowest BCUT2D eigenvalue weighted by Crippen LogP contribution is -2.57. The van der Waals surface area contributed by atoms with E-state index in [4.69, 9.17) is 4.74 Å². The maximum absolute atomic E-state index is 12.1. The number of carbonyl (C=O) groups is 1. The van der Waals surface area contributed by atoms with Crippen LogP contribution >= 0.6 is 0 Å². The molecular weight excluding hydrogens is 240 g/mol. The Morgan fingerprint density at radius 1 is 1.37 bits per heavy atom. The number of hydrogen-bond donors (Lipinski definition) is 1. The Balaban J connectivity index is 1.96. The van der Waals surface area contributed by atoms with E-state index in [1.165, 1.54) is 39.3 Å². The maximum atomic E-state index is 12.1. The lowest BCUT2D eigenvalue weighted by molar-refractivity contribution is -0.151. The number of likely N-dealkylation sites (N-methyl/N-ethyl adjacent to an activating group) is 1. The summed E-state index contributed by atoms with van der Waals surface area (Å²) in [5, 5.41) is 3.23. The molecule has 0 heterocycles. The topological polar surface area (TPSA) is 41.6 Å². The van der Waals surface area contributed by atoms with Crippen LogP contribution in [0, 0.1) is 5.92 Å². The number of carbonyl (C=O) groups excluding carboxylic acids is 1. The minimum atomic E-state index is -0.467. The number of nitrogens with one attached hydrogen (secondary N) is 1. The van der Waals surface area contributed by atoms with Crippen LogP contribution in [0.25, 0.3) is 0 Å². The summed E-state index contributed by atoms with van der Waals surface area (Å²) in [6.45, 7) is 1.19. The Bertz CT molecular complexity index is 317. The molecular formula is C15H28N2O2. The van der Waals surface area contributed by atoms with E-state index in [-0.39, 0.29) is 5.97 Å². The van der Waals surface area contributed by atoms with Crippen LogP contribution < -0.4 is 5.32 Å². The van der Waals surface area contributed by atoms with Crippen molar-refractivity contribution >= 4 is 5.97 Å². The van der Waals surface area contributed by atoms with Crippen molar-refractivity contribution in [2.24, 2.45) is 5.92 Å². The van der Waals surface area contributed by atoms with E-state index < -0.39 is 5.54 Å². The van der Waals surface area contributed by atoms with Crippen LogP contribution in [0.1, 0.15) is 44.9 Å². The molecule has 0 amide bonds. The van der Waals surface area contributed by atoms with E-state index in [0.717, 1.165) is 25.2 Å². The first kappa shape index (κ1) is 14.8. The highest BCUT2D eigenvalue weighted by Crippen LogP contribution is 2.34. The molecule has 2 aliphatic carbocycles. The monoisotopic (exact) mass is 268 g/mol. The fourth-order valence-corrected chi connectivity index (χ4v) is 3.56. The summed E-state index contributed by atoms with van der Waals surface area (Å²) in [4.78, 5) is 14.5. The summed E-state index contributed by atoms with van der Waals surface area (Å²) < 4.78 is 5.01. The molecule has 2 rings (SSSR count). The van der Waals surface area contributed by atoms with Crippen molar-refractivity contribution in [3.05, 3.63) is 0 Å². The van der Waals surface area contributed by atoms with Gasteiger partial charge in [-0.15, -0.1) is 0 Å². The summed E-state index contributed by atoms with van der Waals surface area (Å²) >= 11 is 0. The Morgan fingerprint density at radius 2 is 2.11 bits per heavy atom. The molecule has 0 bridgehead atoms. The first-order valence-electron chi connectivity index (χ1n) is 7.59. The van der Waals surface area contributed by atoms with Crippen molar-refractivity contribution in [1.82, 2.24) is 10.2 Å². The zero-order valence-electron chi connectivity index (χ0n) is 12.6. The molecule has 0 aromatic heterocycles. The van der Waals surface area contributed by atoms with Crippen LogP contribution in [-0.2, 0) is 9.53 Å². The quantitative estimate of drug-likeness (QED) is 0.772. The second-order valence-electron chi connectivity index (χ2n) is 6.31. The Morgan fingerprint density at radius 3 is 2.63 bits per heavy atom. The average molecular weight is 268 g/mol. The highest BCUT2D eigenvalue weighted by Gasteiger charge is 2.43. The summed E-state index contributed by atoms with van der Waals surface area (Å²) in [7, 11) is 5.58. The largest absolute Gasteiger partial charge is 0.468 e. The molecule has 0 radical (unpaired) electrons. The normalized spacial score (nSPS) is 32.1. The van der Waals surface area contributed by atoms with Crippen molar-refractivity contribution in [2.75, 3.05) is 27.7 Å². The predicted octanol–water partition coefficient (Wildman–Crippen LogP) is 1.79. The number of hydrogen-bond acceptors (Lipinski definition) is 4. The summed E-state index contributed by atoms with van der Waals surface area (Å²) in [5.74, 6) is 0.783. The van der Waals surface area contributed by atoms with Crippen molar-refractivity contribution < 1.29 is 9.53 Å². The standard InChI is InChI=1S/C15H28N2O2/c1-16-15(14(18)19-3)9-5-8-13(10-15)17(2)11-12-6-4-7-12/h12-13,16H,4-11H2,1-3H3. The number of methoxy groups -OCH3 is 1. The molecule has 110 valence electrons. The van der Waals surface area contributed by atoms with Crippen LogP contribution in [0.15, 0.2) is 0 Å². The lowest BCUT2D eigenvalue weighted by Gasteiger charge is -2.43. The van der Waals surface area contributed by atoms with Crippen LogP contribution in [0.2, 0.25) is 0 Å². The third kappa shape index (κ3) is 3.11. The van der Waals surface area contributed by atoms with E-state index in [1.807, 2.05) is 7.05 Å². The van der Waals surface area contributed by atoms with Gasteiger partial charge in [0.2, 0.25) is 0 Å². The second-order valence-corrected chi connectivity index (χ2v) is 6.31. The lowest BCUT2D eigenvalue weighted by atomic mass is 9.77. The first-order chi connectivity index (χ1) is 9.11. The highest BCUT2D eigenvalue weighted by atomic mass is 16.5. The van der Waals surface area contributed by atoms with Crippen LogP contribution in [-0.4, -0.2) is 50.2 Å². The number of rotatable bonds is 5. The summed E-state index contributed by atoms with van der Waals surface area (Å²) in [6, 6.07) is 0.501. The molecule has 2 fully saturated rings. The van der Waals surface area contributed by atoms with Gasteiger partial charge >= 0.3 is 5.97 Å². The third-order valence-electron chi connectivity index (χ3n) is 5.17. The van der Waals surface area contributed by atoms with Crippen molar-refractivity contribution in [1.29, 1.82) is 0 Å². The smallest absolute Gasteiger partial charge is 0.326 e. The zero-order valence-corrected chi connectivity index (χ0v) is 12.6. The Labute approximate surface area is 116 Å². The molecule has 19 heavy (non-hydrogen) atoms. The molecule has 0 spiro atoms. The number of nitrogens with zero attached hydrogens (tertiary/aromatic N) is 1. The molecule has 2 atom stereocenters. The van der Waals surface area contributed by atoms with E-state index in [2.05, 4.69) is 17.3 Å². The summed E-state index contributed by atoms with van der Waals surface area (Å²) in [5.41, 5.74) is -0.467. The maximum Gasteiger partial charge on any atom is 0.326 e. The first-order valence-corrected chi connectivity index (χ1v) is 7.59. The minimum Gasteiger partial charge on any atom is -0.468 e. The molecule has 4 heteroatoms. The van der Waals surface area contributed by atoms with Gasteiger partial charge in [0.05, 0.1) is 7.11 Å². The van der Waals surface area contributed by atoms with Crippen LogP contribution in [0.5, 0.6) is 0 Å². The van der Waals surface area contributed by atoms with Gasteiger partial charge in [-0.2, -0.15) is 0 Å². The third-order valence-corrected chi connectivity index (χ3v) is 5.17. The fourth-order valence-electron chi connectivity index (χ4n) is 3.56. The van der Waals surface area contributed by atoms with Crippen molar-refractivity contribution in [3.63, 3.8) is 0 Å². The predicted molar refractivity (Wildman–Crippen MR) is 76.0 cm³/mol. The second kappa shape index (κ2) is 6.23. The minimum absolute atomic E-state index is 0.100. The molecule has 2 unspecified atom stereocenters. The van der Waals surface area contributed by atoms with Gasteiger partial charge in [-0.05, 0) is 58.5 Å². The molecule has 2 aliphatic rings. The molecule has 0 aliphatic heterocycles. The molecule has 0 aromatic carbocycles. The van der Waals surface area contributed by atoms with E-state index >= 15 is 0 Å². The van der Waals surface area contributed by atoms with Gasteiger partial charge in [0.1, 0.15) is 5.54 Å². The van der Waals surface area contributed by atoms with Crippen LogP contribution in [0.4, 0.5) is 0 Å². The molecule has 2 saturated carbocycles. The van der Waals surface area contributed by atoms with Gasteiger partial charge in [0.25, 0.3) is 0 Å². The van der Waals surface area contributed by atoms with Crippen LogP contribution in [0.3, 0.4) is 0 Å². The van der Waals surface area contributed by atoms with Crippen molar-refractivity contribution in [3.8, 4) is 0 Å². The Kier molecular flexibility index (Phi) is 4.85. The number of esters is 1. The highest BCUT2D eigenvalue weighted by molar-refractivity contribution is 5.81. The van der Waals surface area contributed by atoms with Gasteiger partial charge in [-0.25, -0.2) is 0 Å². The van der Waals surface area contributed by atoms with E-state index in [1.54, 1.807) is 0 Å². The molecule has 0 saturated heterocycles. The molecule has 1 N–H and O–H groups in total. The van der Waals surface area contributed by atoms with E-state index in [0.29, 0.717) is 6.04 Å². The molecule has 4 nitrogen and oxygen atoms in total. The molecule has 0 aromatic rings. The number of ether oxygens (including phenoxy) is 1. The van der Waals surface area contributed by atoms with Gasteiger partial charge in [-0.3, -0.25) is 4.79 Å². The van der Waals surface area contributed by atoms with Crippen molar-refractivity contribution in [2.45, 2.75) is 56.5 Å². The van der Waals surface area contributed by atoms with E-state index in [9.17, 15) is 4.79 Å². The zero-order chi connectivity index (χ0) is 13.9. The fraction of sp³-hybridized carbons (Fsp3) is 0.933. The Hall–Kier alpha value is -0.610. The van der Waals surface area contributed by atoms with Gasteiger partial charge in [0, 0.05) is 12.6 Å². The van der Waals surface area contributed by atoms with Gasteiger partial charge < -0.3 is 15.0 Å². The average Bonchev–Trinajstić information content (AvgIpc) is 2.41. The van der Waals surface area contributed by atoms with Gasteiger partial charge in [-0.1, -0.05) is 6.42 Å². The van der Waals surface area contributed by atoms with Gasteiger partial charge in [0.15, 0.2) is 0 Å². The summed E-state index contributed by atoms with van der Waals surface area (Å²) in [6.07, 6.45) is 8.21.